The third-order valence-electron chi connectivity index (χ3n) is 0.644. The summed E-state index contributed by atoms with van der Waals surface area (Å²) in [5.41, 5.74) is 0. The third-order valence-corrected chi connectivity index (χ3v) is 0.644. The van der Waals surface area contributed by atoms with Gasteiger partial charge in [0.2, 0.25) is 0 Å². The van der Waals surface area contributed by atoms with E-state index in [1.54, 1.807) is 0 Å². The number of unbranched alkanes of at least 4 members (excludes halogenated alkanes) is 2. The van der Waals surface area contributed by atoms with Crippen LogP contribution in [0.2, 0.25) is 0 Å². The molecule has 0 saturated heterocycles. The molecule has 6 nitrogen and oxygen atoms in total. The first-order chi connectivity index (χ1) is 5.15. The monoisotopic (exact) mass is 268 g/mol. The van der Waals surface area contributed by atoms with Crippen LogP contribution >= 0.6 is 0 Å². The number of aldehydes is 2. The smallest absolute Gasteiger partial charge is 0.120 e. The van der Waals surface area contributed by atoms with Crippen molar-refractivity contribution in [1.29, 1.82) is 0 Å². The first-order valence-corrected chi connectivity index (χ1v) is 2.90. The van der Waals surface area contributed by atoms with Crippen LogP contribution in [0.25, 0.3) is 0 Å². The van der Waals surface area contributed by atoms with E-state index in [0.29, 0.717) is 19.3 Å². The third kappa shape index (κ3) is 85.8. The van der Waals surface area contributed by atoms with Crippen LogP contribution < -0.4 is 16.4 Å². The van der Waals surface area contributed by atoms with Gasteiger partial charge in [-0.05, 0) is 12.6 Å². The normalized spacial score (nSPS) is 6.15. The van der Waals surface area contributed by atoms with Crippen molar-refractivity contribution in [3.63, 3.8) is 0 Å². The SMILES string of the molecule is O=C([O-])[O-].O=CCCCC=O.[NH4+].[Zr]. The molecule has 0 aromatic rings. The van der Waals surface area contributed by atoms with Crippen molar-refractivity contribution in [3.8, 4) is 0 Å². The fraction of sp³-hybridized carbons (Fsp3) is 0.500. The average molecular weight is 269 g/mol. The zero-order chi connectivity index (χ0) is 9.11. The maximum Gasteiger partial charge on any atom is 0.120 e. The molecule has 13 heavy (non-hydrogen) atoms. The number of quaternary nitrogens is 1. The summed E-state index contributed by atoms with van der Waals surface area (Å²) in [5.74, 6) is 0. The molecule has 0 aliphatic heterocycles. The van der Waals surface area contributed by atoms with Gasteiger partial charge in [-0.3, -0.25) is 0 Å². The quantitative estimate of drug-likeness (QED) is 0.488. The minimum atomic E-state index is -2.33. The number of carboxylic acid groups (broad SMARTS) is 2. The van der Waals surface area contributed by atoms with E-state index in [1.807, 2.05) is 0 Å². The van der Waals surface area contributed by atoms with Gasteiger partial charge < -0.3 is 30.7 Å². The Morgan fingerprint density at radius 2 is 1.31 bits per heavy atom. The summed E-state index contributed by atoms with van der Waals surface area (Å²) in [6.45, 7) is 0. The minimum absolute atomic E-state index is 0. The minimum Gasteiger partial charge on any atom is -0.652 e. The standard InChI is InChI=1S/C5H8O2.CH2O3.H3N.Zr/c6-4-2-1-3-5-7;2-1(3)4;;/h4-5H,1-3H2;(H2,2,3,4);1H3;/p-1. The van der Waals surface area contributed by atoms with Crippen LogP contribution in [0.4, 0.5) is 4.79 Å². The molecular formula is C6H12NO5Zr-. The van der Waals surface area contributed by atoms with Crippen LogP contribution in [0.1, 0.15) is 19.3 Å². The van der Waals surface area contributed by atoms with Gasteiger partial charge >= 0.3 is 0 Å². The van der Waals surface area contributed by atoms with Gasteiger partial charge in [0.05, 0.1) is 0 Å². The van der Waals surface area contributed by atoms with Crippen molar-refractivity contribution in [2.75, 3.05) is 0 Å². The number of carbonyl (C=O) groups is 3. The van der Waals surface area contributed by atoms with Crippen molar-refractivity contribution in [1.82, 2.24) is 6.15 Å². The van der Waals surface area contributed by atoms with Gasteiger partial charge in [-0.15, -0.1) is 0 Å². The Hall–Kier alpha value is -0.547. The van der Waals surface area contributed by atoms with Crippen LogP contribution in [0, 0.1) is 0 Å². The summed E-state index contributed by atoms with van der Waals surface area (Å²) in [6.07, 6.45) is 1.04. The molecule has 76 valence electrons. The molecular weight excluding hydrogens is 257 g/mol. The van der Waals surface area contributed by atoms with Gasteiger partial charge in [0, 0.05) is 39.0 Å². The van der Waals surface area contributed by atoms with Gasteiger partial charge in [0.25, 0.3) is 0 Å². The van der Waals surface area contributed by atoms with Crippen molar-refractivity contribution in [2.45, 2.75) is 19.3 Å². The molecule has 0 atom stereocenters. The van der Waals surface area contributed by atoms with E-state index in [1.165, 1.54) is 0 Å². The fourth-order valence-corrected chi connectivity index (χ4v) is 0.285. The molecule has 0 fully saturated rings. The van der Waals surface area contributed by atoms with Crippen molar-refractivity contribution in [2.24, 2.45) is 0 Å². The fourth-order valence-electron chi connectivity index (χ4n) is 0.285. The molecule has 0 aliphatic rings. The average Bonchev–Trinajstić information content (AvgIpc) is 1.88. The predicted octanol–water partition coefficient (Wildman–Crippen LogP) is -1.52. The molecule has 0 aromatic carbocycles. The Morgan fingerprint density at radius 3 is 1.46 bits per heavy atom. The van der Waals surface area contributed by atoms with E-state index in [0.717, 1.165) is 12.6 Å². The molecule has 7 heteroatoms. The predicted molar refractivity (Wildman–Crippen MR) is 37.4 cm³/mol. The maximum absolute atomic E-state index is 9.56. The van der Waals surface area contributed by atoms with Gasteiger partial charge in [0.1, 0.15) is 12.6 Å². The van der Waals surface area contributed by atoms with Gasteiger partial charge in [0.15, 0.2) is 0 Å². The van der Waals surface area contributed by atoms with Crippen molar-refractivity contribution in [3.05, 3.63) is 0 Å². The number of rotatable bonds is 4. The molecule has 0 unspecified atom stereocenters. The number of hydrogen-bond donors (Lipinski definition) is 1. The summed E-state index contributed by atoms with van der Waals surface area (Å²) < 4.78 is 0. The van der Waals surface area contributed by atoms with E-state index >= 15 is 0 Å². The van der Waals surface area contributed by atoms with Crippen LogP contribution in [0.15, 0.2) is 0 Å². The molecule has 0 spiro atoms. The van der Waals surface area contributed by atoms with Crippen LogP contribution in [-0.4, -0.2) is 18.7 Å². The maximum atomic E-state index is 9.56. The molecule has 0 amide bonds. The Kier molecular flexibility index (Phi) is 39.6. The Bertz CT molecular complexity index is 118. The second-order valence-corrected chi connectivity index (χ2v) is 1.51. The summed E-state index contributed by atoms with van der Waals surface area (Å²) in [7, 11) is 0. The van der Waals surface area contributed by atoms with Gasteiger partial charge in [-0.2, -0.15) is 0 Å². The molecule has 0 saturated carbocycles. The van der Waals surface area contributed by atoms with Crippen molar-refractivity contribution < 1.29 is 50.8 Å². The molecule has 0 aromatic heterocycles. The Balaban J connectivity index is -0.0000000600. The molecule has 0 radical (unpaired) electrons. The van der Waals surface area contributed by atoms with E-state index in [4.69, 9.17) is 15.0 Å². The topological polar surface area (TPSA) is 134 Å². The van der Waals surface area contributed by atoms with Gasteiger partial charge in [-0.25, -0.2) is 0 Å². The Labute approximate surface area is 95.0 Å². The second-order valence-electron chi connectivity index (χ2n) is 1.51. The second kappa shape index (κ2) is 22.5. The van der Waals surface area contributed by atoms with E-state index in [2.05, 4.69) is 0 Å². The van der Waals surface area contributed by atoms with E-state index in [9.17, 15) is 9.59 Å². The molecule has 0 rings (SSSR count). The summed E-state index contributed by atoms with van der Waals surface area (Å²) in [4.78, 5) is 27.5. The zero-order valence-corrected chi connectivity index (χ0v) is 9.78. The Morgan fingerprint density at radius 1 is 1.08 bits per heavy atom. The van der Waals surface area contributed by atoms with Crippen LogP contribution in [-0.2, 0) is 35.8 Å². The largest absolute Gasteiger partial charge is 0.652 e. The first kappa shape index (κ1) is 22.9. The zero-order valence-electron chi connectivity index (χ0n) is 7.32. The molecule has 0 heterocycles. The van der Waals surface area contributed by atoms with Crippen molar-refractivity contribution >= 4 is 18.7 Å². The summed E-state index contributed by atoms with van der Waals surface area (Å²) in [5, 5.41) is 16.7. The summed E-state index contributed by atoms with van der Waals surface area (Å²) in [6, 6.07) is 0. The van der Waals surface area contributed by atoms with Crippen LogP contribution in [0.3, 0.4) is 0 Å². The molecule has 0 aliphatic carbocycles. The van der Waals surface area contributed by atoms with E-state index < -0.39 is 6.16 Å². The number of hydrogen-bond acceptors (Lipinski definition) is 5. The van der Waals surface area contributed by atoms with Crippen LogP contribution in [0.5, 0.6) is 0 Å². The number of carbonyl (C=O) groups excluding carboxylic acids is 3. The van der Waals surface area contributed by atoms with E-state index in [-0.39, 0.29) is 32.4 Å². The first-order valence-electron chi connectivity index (χ1n) is 2.90. The summed E-state index contributed by atoms with van der Waals surface area (Å²) >= 11 is 0. The molecule has 0 bridgehead atoms. The molecule has 4 N–H and O–H groups in total. The van der Waals surface area contributed by atoms with Gasteiger partial charge in [-0.1, -0.05) is 0 Å².